The molecule has 2 aromatic carbocycles. The molecule has 2 N–H and O–H groups in total. The van der Waals surface area contributed by atoms with Gasteiger partial charge in [0.1, 0.15) is 18.5 Å². The van der Waals surface area contributed by atoms with E-state index < -0.39 is 6.10 Å². The molecule has 1 atom stereocenters. The number of H-pyrrole nitrogens is 1. The summed E-state index contributed by atoms with van der Waals surface area (Å²) in [5, 5.41) is 11.4. The number of β-amino-alcohol motifs (C(OH)–C–C–N with tert-alkyl or cyclic N) is 1. The molecule has 31 heavy (non-hydrogen) atoms. The van der Waals surface area contributed by atoms with Gasteiger partial charge in [-0.3, -0.25) is 9.69 Å². The van der Waals surface area contributed by atoms with Crippen molar-refractivity contribution < 1.29 is 9.84 Å². The molecule has 1 aliphatic carbocycles. The highest BCUT2D eigenvalue weighted by Gasteiger charge is 2.24. The van der Waals surface area contributed by atoms with E-state index in [-0.39, 0.29) is 12.2 Å². The summed E-state index contributed by atoms with van der Waals surface area (Å²) in [7, 11) is 0. The molecule has 6 heteroatoms. The summed E-state index contributed by atoms with van der Waals surface area (Å²) in [6.45, 7) is 4.67. The molecule has 1 aromatic heterocycles. The number of hydrogen-bond donors (Lipinski definition) is 2. The van der Waals surface area contributed by atoms with Crippen LogP contribution in [-0.4, -0.2) is 60.4 Å². The van der Waals surface area contributed by atoms with Crippen molar-refractivity contribution in [2.45, 2.75) is 24.9 Å². The zero-order valence-electron chi connectivity index (χ0n) is 17.7. The maximum atomic E-state index is 11.4. The molecule has 1 unspecified atom stereocenters. The molecule has 0 bridgehead atoms. The number of aliphatic hydroxyl groups excluding tert-OH is 1. The lowest BCUT2D eigenvalue weighted by Crippen LogP contribution is -2.49. The van der Waals surface area contributed by atoms with Crippen molar-refractivity contribution >= 4 is 16.6 Å². The Labute approximate surface area is 182 Å². The van der Waals surface area contributed by atoms with Crippen LogP contribution in [0.15, 0.2) is 59.4 Å². The second kappa shape index (κ2) is 8.73. The Bertz CT molecular complexity index is 1080. The number of aliphatic hydroxyl groups is 1. The third-order valence-electron chi connectivity index (χ3n) is 6.29. The average molecular weight is 420 g/mol. The summed E-state index contributed by atoms with van der Waals surface area (Å²) >= 11 is 0. The monoisotopic (exact) mass is 419 g/mol. The highest BCUT2D eigenvalue weighted by molar-refractivity contribution is 5.79. The molecule has 0 radical (unpaired) electrons. The number of nitrogens with zero attached hydrogens (tertiary/aromatic N) is 2. The normalized spacial score (nSPS) is 18.3. The van der Waals surface area contributed by atoms with Gasteiger partial charge in [0, 0.05) is 55.4 Å². The molecule has 1 saturated heterocycles. The van der Waals surface area contributed by atoms with Gasteiger partial charge in [0.05, 0.1) is 0 Å². The summed E-state index contributed by atoms with van der Waals surface area (Å²) < 4.78 is 5.79. The summed E-state index contributed by atoms with van der Waals surface area (Å²) in [4.78, 5) is 18.9. The Balaban J connectivity index is 1.08. The highest BCUT2D eigenvalue weighted by Crippen LogP contribution is 2.40. The third kappa shape index (κ3) is 4.92. The molecular weight excluding hydrogens is 390 g/mol. The van der Waals surface area contributed by atoms with E-state index in [2.05, 4.69) is 39.0 Å². The van der Waals surface area contributed by atoms with Crippen LogP contribution in [0.1, 0.15) is 24.3 Å². The molecule has 1 saturated carbocycles. The number of hydrogen-bond acceptors (Lipinski definition) is 5. The minimum atomic E-state index is -0.546. The quantitative estimate of drug-likeness (QED) is 0.616. The van der Waals surface area contributed by atoms with Gasteiger partial charge in [-0.15, -0.1) is 0 Å². The van der Waals surface area contributed by atoms with Crippen LogP contribution in [0, 0.1) is 0 Å². The molecule has 1 aliphatic heterocycles. The lowest BCUT2D eigenvalue weighted by atomic mass is 10.1. The first-order chi connectivity index (χ1) is 15.1. The SMILES string of the molecule is O=c1ccc2cc(OCC(O)CN3CCN(c4ccc(C5CC5)cc4)CC3)ccc2[nH]1. The van der Waals surface area contributed by atoms with Crippen molar-refractivity contribution in [2.75, 3.05) is 44.2 Å². The van der Waals surface area contributed by atoms with Crippen LogP contribution in [0.2, 0.25) is 0 Å². The summed E-state index contributed by atoms with van der Waals surface area (Å²) in [5.74, 6) is 1.49. The van der Waals surface area contributed by atoms with Gasteiger partial charge in [-0.05, 0) is 60.7 Å². The number of piperazine rings is 1. The number of anilines is 1. The first kappa shape index (κ1) is 20.1. The fourth-order valence-electron chi connectivity index (χ4n) is 4.33. The molecule has 2 fully saturated rings. The van der Waals surface area contributed by atoms with Crippen LogP contribution < -0.4 is 15.2 Å². The smallest absolute Gasteiger partial charge is 0.248 e. The van der Waals surface area contributed by atoms with E-state index in [0.29, 0.717) is 12.3 Å². The van der Waals surface area contributed by atoms with Crippen LogP contribution in [0.25, 0.3) is 10.9 Å². The van der Waals surface area contributed by atoms with E-state index in [1.54, 1.807) is 6.07 Å². The summed E-state index contributed by atoms with van der Waals surface area (Å²) in [6, 6.07) is 17.9. The van der Waals surface area contributed by atoms with Crippen LogP contribution >= 0.6 is 0 Å². The van der Waals surface area contributed by atoms with E-state index in [0.717, 1.165) is 43.0 Å². The second-order valence-corrected chi connectivity index (χ2v) is 8.69. The predicted octanol–water partition coefficient (Wildman–Crippen LogP) is 2.97. The summed E-state index contributed by atoms with van der Waals surface area (Å²) in [6.07, 6.45) is 2.13. The number of nitrogens with one attached hydrogen (secondary N) is 1. The van der Waals surface area contributed by atoms with Crippen molar-refractivity contribution in [3.05, 3.63) is 70.5 Å². The number of pyridine rings is 1. The van der Waals surface area contributed by atoms with Crippen molar-refractivity contribution in [3.8, 4) is 5.75 Å². The molecule has 5 rings (SSSR count). The number of fused-ring (bicyclic) bond motifs is 1. The second-order valence-electron chi connectivity index (χ2n) is 8.69. The van der Waals surface area contributed by atoms with Gasteiger partial charge in [-0.1, -0.05) is 12.1 Å². The molecule has 2 aliphatic rings. The number of rotatable bonds is 7. The van der Waals surface area contributed by atoms with Crippen LogP contribution in [0.5, 0.6) is 5.75 Å². The van der Waals surface area contributed by atoms with Gasteiger partial charge in [0.15, 0.2) is 0 Å². The molecule has 162 valence electrons. The Morgan fingerprint density at radius 2 is 1.77 bits per heavy atom. The zero-order valence-corrected chi connectivity index (χ0v) is 17.7. The van der Waals surface area contributed by atoms with Crippen molar-refractivity contribution in [2.24, 2.45) is 0 Å². The molecular formula is C25H29N3O3. The fourth-order valence-corrected chi connectivity index (χ4v) is 4.33. The van der Waals surface area contributed by atoms with Gasteiger partial charge in [0.2, 0.25) is 5.56 Å². The largest absolute Gasteiger partial charge is 0.491 e. The molecule has 3 aromatic rings. The Hall–Kier alpha value is -2.83. The summed E-state index contributed by atoms with van der Waals surface area (Å²) in [5.41, 5.74) is 3.43. The van der Waals surface area contributed by atoms with Crippen molar-refractivity contribution in [1.82, 2.24) is 9.88 Å². The van der Waals surface area contributed by atoms with Gasteiger partial charge in [-0.25, -0.2) is 0 Å². The van der Waals surface area contributed by atoms with E-state index in [4.69, 9.17) is 4.74 Å². The van der Waals surface area contributed by atoms with Gasteiger partial charge in [0.25, 0.3) is 0 Å². The fraction of sp³-hybridized carbons (Fsp3) is 0.400. The molecule has 6 nitrogen and oxygen atoms in total. The molecule has 2 heterocycles. The molecule has 0 spiro atoms. The first-order valence-corrected chi connectivity index (χ1v) is 11.2. The van der Waals surface area contributed by atoms with Gasteiger partial charge >= 0.3 is 0 Å². The van der Waals surface area contributed by atoms with Crippen molar-refractivity contribution in [3.63, 3.8) is 0 Å². The van der Waals surface area contributed by atoms with Gasteiger partial charge < -0.3 is 19.7 Å². The lowest BCUT2D eigenvalue weighted by Gasteiger charge is -2.37. The van der Waals surface area contributed by atoms with E-state index in [9.17, 15) is 9.90 Å². The number of benzene rings is 2. The first-order valence-electron chi connectivity index (χ1n) is 11.2. The van der Waals surface area contributed by atoms with E-state index in [1.807, 2.05) is 18.2 Å². The average Bonchev–Trinajstić information content (AvgIpc) is 3.64. The zero-order chi connectivity index (χ0) is 21.2. The number of aromatic amines is 1. The highest BCUT2D eigenvalue weighted by atomic mass is 16.5. The maximum Gasteiger partial charge on any atom is 0.248 e. The molecule has 0 amide bonds. The van der Waals surface area contributed by atoms with Crippen molar-refractivity contribution in [1.29, 1.82) is 0 Å². The number of aromatic nitrogens is 1. The van der Waals surface area contributed by atoms with Gasteiger partial charge in [-0.2, -0.15) is 0 Å². The minimum absolute atomic E-state index is 0.119. The van der Waals surface area contributed by atoms with E-state index in [1.165, 1.54) is 30.2 Å². The third-order valence-corrected chi connectivity index (χ3v) is 6.29. The van der Waals surface area contributed by atoms with Crippen LogP contribution in [0.3, 0.4) is 0 Å². The Kier molecular flexibility index (Phi) is 5.66. The number of ether oxygens (including phenoxy) is 1. The topological polar surface area (TPSA) is 68.8 Å². The Morgan fingerprint density at radius 1 is 1.00 bits per heavy atom. The maximum absolute atomic E-state index is 11.4. The predicted molar refractivity (Wildman–Crippen MR) is 123 cm³/mol. The standard InChI is InChI=1S/C25H29N3O3/c29-22(17-31-23-8-9-24-20(15-23)5-10-25(30)26-24)16-27-11-13-28(14-12-27)21-6-3-19(4-7-21)18-1-2-18/h3-10,15,18,22,29H,1-2,11-14,16-17H2,(H,26,30). The van der Waals surface area contributed by atoms with E-state index >= 15 is 0 Å². The van der Waals surface area contributed by atoms with Crippen LogP contribution in [0.4, 0.5) is 5.69 Å². The lowest BCUT2D eigenvalue weighted by molar-refractivity contribution is 0.0663. The minimum Gasteiger partial charge on any atom is -0.491 e. The Morgan fingerprint density at radius 3 is 2.52 bits per heavy atom. The van der Waals surface area contributed by atoms with Crippen LogP contribution in [-0.2, 0) is 0 Å².